The van der Waals surface area contributed by atoms with Gasteiger partial charge in [0, 0.05) is 26.1 Å². The lowest BCUT2D eigenvalue weighted by Gasteiger charge is -2.32. The Morgan fingerprint density at radius 3 is 2.12 bits per heavy atom. The first kappa shape index (κ1) is 24.9. The Morgan fingerprint density at radius 1 is 1.00 bits per heavy atom. The summed E-state index contributed by atoms with van der Waals surface area (Å²) in [6.45, 7) is 0.302. The molecule has 1 N–H and O–H groups in total. The molecule has 0 aromatic heterocycles. The van der Waals surface area contributed by atoms with Crippen LogP contribution < -0.4 is 4.72 Å². The van der Waals surface area contributed by atoms with E-state index in [0.717, 1.165) is 12.1 Å². The van der Waals surface area contributed by atoms with Gasteiger partial charge in [0.05, 0.1) is 20.2 Å². The highest BCUT2D eigenvalue weighted by atomic mass is 35.5. The second-order valence-corrected chi connectivity index (χ2v) is 12.0. The maximum absolute atomic E-state index is 13.1. The van der Waals surface area contributed by atoms with Gasteiger partial charge in [0.15, 0.2) is 9.84 Å². The number of rotatable bonds is 7. The summed E-state index contributed by atoms with van der Waals surface area (Å²) in [6, 6.07) is 8.99. The molecule has 3 rings (SSSR count). The number of carbonyl (C=O) groups is 1. The van der Waals surface area contributed by atoms with E-state index < -0.39 is 30.9 Å². The summed E-state index contributed by atoms with van der Waals surface area (Å²) < 4.78 is 65.7. The average Bonchev–Trinajstić information content (AvgIpc) is 2.73. The van der Waals surface area contributed by atoms with Crippen molar-refractivity contribution < 1.29 is 26.0 Å². The highest BCUT2D eigenvalue weighted by molar-refractivity contribution is 7.92. The maximum Gasteiger partial charge on any atom is 0.243 e. The number of halogens is 3. The molecular weight excluding hydrogens is 502 g/mol. The van der Waals surface area contributed by atoms with E-state index in [1.54, 1.807) is 0 Å². The number of sulfonamides is 1. The van der Waals surface area contributed by atoms with E-state index in [-0.39, 0.29) is 64.6 Å². The van der Waals surface area contributed by atoms with Gasteiger partial charge in [-0.3, -0.25) is 4.79 Å². The lowest BCUT2D eigenvalue weighted by Crippen LogP contribution is -2.43. The topological polar surface area (TPSA) is 101 Å². The van der Waals surface area contributed by atoms with E-state index in [1.807, 2.05) is 0 Å². The third-order valence-corrected chi connectivity index (χ3v) is 9.89. The number of nitrogens with zero attached hydrogens (tertiary/aromatic N) is 1. The lowest BCUT2D eigenvalue weighted by molar-refractivity contribution is -0.131. The van der Waals surface area contributed by atoms with Crippen LogP contribution in [0.4, 0.5) is 4.39 Å². The second-order valence-electron chi connectivity index (χ2n) is 7.28. The molecule has 1 saturated heterocycles. The number of likely N-dealkylation sites (tertiary alicyclic amines) is 1. The molecule has 1 heterocycles. The monoisotopic (exact) mass is 522 g/mol. The zero-order valence-corrected chi connectivity index (χ0v) is 19.9. The first-order valence-corrected chi connectivity index (χ1v) is 13.5. The Kier molecular flexibility index (Phi) is 7.82. The van der Waals surface area contributed by atoms with Gasteiger partial charge in [-0.2, -0.15) is 0 Å². The van der Waals surface area contributed by atoms with Crippen LogP contribution >= 0.6 is 23.2 Å². The minimum Gasteiger partial charge on any atom is -0.343 e. The Balaban J connectivity index is 1.53. The minimum absolute atomic E-state index is 0.0271. The molecule has 2 aromatic carbocycles. The molecule has 1 amide bonds. The molecule has 1 fully saturated rings. The van der Waals surface area contributed by atoms with Crippen molar-refractivity contribution in [2.24, 2.45) is 0 Å². The summed E-state index contributed by atoms with van der Waals surface area (Å²) in [5.74, 6) is -0.813. The molecular formula is C20H21Cl2FN2O5S2. The highest BCUT2D eigenvalue weighted by Gasteiger charge is 2.32. The van der Waals surface area contributed by atoms with Gasteiger partial charge in [-0.05, 0) is 49.2 Å². The zero-order valence-electron chi connectivity index (χ0n) is 16.8. The van der Waals surface area contributed by atoms with Gasteiger partial charge in [-0.1, -0.05) is 29.3 Å². The van der Waals surface area contributed by atoms with Gasteiger partial charge >= 0.3 is 0 Å². The van der Waals surface area contributed by atoms with E-state index in [0.29, 0.717) is 0 Å². The van der Waals surface area contributed by atoms with E-state index in [1.165, 1.54) is 35.2 Å². The number of nitrogens with one attached hydrogen (secondary N) is 1. The zero-order chi connectivity index (χ0) is 23.5. The second kappa shape index (κ2) is 10.0. The molecule has 2 aromatic rings. The van der Waals surface area contributed by atoms with Crippen LogP contribution in [0.25, 0.3) is 0 Å². The Bertz CT molecular complexity index is 1180. The molecule has 0 atom stereocenters. The van der Waals surface area contributed by atoms with Crippen LogP contribution in [0.5, 0.6) is 0 Å². The van der Waals surface area contributed by atoms with Crippen molar-refractivity contribution in [3.8, 4) is 0 Å². The fourth-order valence-electron chi connectivity index (χ4n) is 3.49. The van der Waals surface area contributed by atoms with Crippen LogP contribution in [0.1, 0.15) is 19.3 Å². The smallest absolute Gasteiger partial charge is 0.243 e. The van der Waals surface area contributed by atoms with E-state index in [4.69, 9.17) is 23.2 Å². The fraction of sp³-hybridized carbons (Fsp3) is 0.350. The van der Waals surface area contributed by atoms with Crippen molar-refractivity contribution in [2.75, 3.05) is 19.6 Å². The third-order valence-electron chi connectivity index (χ3n) is 5.19. The first-order valence-electron chi connectivity index (χ1n) is 9.73. The quantitative estimate of drug-likeness (QED) is 0.562. The number of carbonyl (C=O) groups excluding carboxylic acids is 1. The molecule has 0 spiro atoms. The average molecular weight is 523 g/mol. The molecule has 0 unspecified atom stereocenters. The predicted octanol–water partition coefficient (Wildman–Crippen LogP) is 3.27. The van der Waals surface area contributed by atoms with Crippen LogP contribution in [0.2, 0.25) is 10.0 Å². The summed E-state index contributed by atoms with van der Waals surface area (Å²) in [4.78, 5) is 13.8. The SMILES string of the molecule is O=C(CCNS(=O)(=O)c1c(Cl)cccc1Cl)N1CCC(S(=O)(=O)c2ccc(F)cc2)CC1. The van der Waals surface area contributed by atoms with Crippen LogP contribution in [0.3, 0.4) is 0 Å². The Hall–Kier alpha value is -1.72. The van der Waals surface area contributed by atoms with Gasteiger partial charge in [-0.25, -0.2) is 25.9 Å². The normalized spacial score (nSPS) is 15.7. The van der Waals surface area contributed by atoms with Crippen molar-refractivity contribution in [2.45, 2.75) is 34.3 Å². The summed E-state index contributed by atoms with van der Waals surface area (Å²) >= 11 is 11.9. The molecule has 32 heavy (non-hydrogen) atoms. The molecule has 1 aliphatic rings. The van der Waals surface area contributed by atoms with Crippen LogP contribution in [-0.4, -0.2) is 52.5 Å². The summed E-state index contributed by atoms with van der Waals surface area (Å²) in [5.41, 5.74) is 0. The van der Waals surface area contributed by atoms with Crippen molar-refractivity contribution >= 4 is 49.0 Å². The van der Waals surface area contributed by atoms with Gasteiger partial charge in [0.25, 0.3) is 0 Å². The number of amides is 1. The van der Waals surface area contributed by atoms with Crippen molar-refractivity contribution in [3.63, 3.8) is 0 Å². The molecule has 1 aliphatic heterocycles. The van der Waals surface area contributed by atoms with Gasteiger partial charge in [-0.15, -0.1) is 0 Å². The van der Waals surface area contributed by atoms with Gasteiger partial charge in [0.2, 0.25) is 15.9 Å². The number of hydrogen-bond acceptors (Lipinski definition) is 5. The lowest BCUT2D eigenvalue weighted by atomic mass is 10.1. The molecule has 12 heteroatoms. The Morgan fingerprint density at radius 2 is 1.56 bits per heavy atom. The van der Waals surface area contributed by atoms with Crippen molar-refractivity contribution in [3.05, 3.63) is 58.3 Å². The third kappa shape index (κ3) is 5.60. The Labute approximate surface area is 196 Å². The number of benzene rings is 2. The standard InChI is InChI=1S/C20H21Cl2FN2O5S2/c21-17-2-1-3-18(22)20(17)32(29,30)24-11-8-19(26)25-12-9-16(10-13-25)31(27,28)15-6-4-14(23)5-7-15/h1-7,16,24H,8-13H2. The van der Waals surface area contributed by atoms with Crippen molar-refractivity contribution in [1.29, 1.82) is 0 Å². The van der Waals surface area contributed by atoms with E-state index in [9.17, 15) is 26.0 Å². The maximum atomic E-state index is 13.1. The number of sulfone groups is 1. The minimum atomic E-state index is -4.00. The molecule has 0 radical (unpaired) electrons. The summed E-state index contributed by atoms with van der Waals surface area (Å²) in [5, 5.41) is -0.723. The fourth-order valence-corrected chi connectivity index (χ4v) is 7.40. The van der Waals surface area contributed by atoms with Crippen LogP contribution in [-0.2, 0) is 24.7 Å². The van der Waals surface area contributed by atoms with E-state index >= 15 is 0 Å². The summed E-state index contributed by atoms with van der Waals surface area (Å²) in [6.07, 6.45) is 0.384. The molecule has 0 bridgehead atoms. The number of piperidine rings is 1. The molecule has 7 nitrogen and oxygen atoms in total. The van der Waals surface area contributed by atoms with Gasteiger partial charge in [0.1, 0.15) is 10.7 Å². The first-order chi connectivity index (χ1) is 15.0. The van der Waals surface area contributed by atoms with Gasteiger partial charge < -0.3 is 4.90 Å². The van der Waals surface area contributed by atoms with Crippen molar-refractivity contribution in [1.82, 2.24) is 9.62 Å². The highest BCUT2D eigenvalue weighted by Crippen LogP contribution is 2.29. The molecule has 0 saturated carbocycles. The number of hydrogen-bond donors (Lipinski definition) is 1. The van der Waals surface area contributed by atoms with Crippen LogP contribution in [0, 0.1) is 5.82 Å². The van der Waals surface area contributed by atoms with E-state index in [2.05, 4.69) is 4.72 Å². The largest absolute Gasteiger partial charge is 0.343 e. The predicted molar refractivity (Wildman–Crippen MR) is 119 cm³/mol. The molecule has 0 aliphatic carbocycles. The van der Waals surface area contributed by atoms with Crippen LogP contribution in [0.15, 0.2) is 52.3 Å². The summed E-state index contributed by atoms with van der Waals surface area (Å²) in [7, 11) is -7.62. The molecule has 174 valence electrons.